The van der Waals surface area contributed by atoms with Crippen molar-refractivity contribution in [3.8, 4) is 5.75 Å². The summed E-state index contributed by atoms with van der Waals surface area (Å²) in [5, 5.41) is 10.7. The summed E-state index contributed by atoms with van der Waals surface area (Å²) < 4.78 is 39.8. The van der Waals surface area contributed by atoms with Crippen LogP contribution in [-0.2, 0) is 21.4 Å². The minimum Gasteiger partial charge on any atom is -0.490 e. The van der Waals surface area contributed by atoms with Crippen LogP contribution < -0.4 is 4.74 Å². The molecule has 2 aromatic rings. The molecule has 0 aliphatic rings. The first-order chi connectivity index (χ1) is 12.2. The minimum atomic E-state index is -3.73. The Morgan fingerprint density at radius 2 is 1.96 bits per heavy atom. The molecule has 0 bridgehead atoms. The fraction of sp³-hybridized carbons (Fsp3) is 0.267. The maximum atomic E-state index is 12.1. The molecule has 0 saturated heterocycles. The molecular weight excluding hydrogens is 368 g/mol. The number of benzene rings is 1. The van der Waals surface area contributed by atoms with Crippen molar-refractivity contribution in [3.05, 3.63) is 51.8 Å². The van der Waals surface area contributed by atoms with Crippen LogP contribution in [0.4, 0.5) is 5.69 Å². The van der Waals surface area contributed by atoms with E-state index in [1.54, 1.807) is 0 Å². The molecule has 2 rings (SSSR count). The molecule has 0 unspecified atom stereocenters. The number of esters is 1. The summed E-state index contributed by atoms with van der Waals surface area (Å²) in [6.45, 7) is -0.332. The van der Waals surface area contributed by atoms with Gasteiger partial charge in [0.05, 0.1) is 17.6 Å². The lowest BCUT2D eigenvalue weighted by Gasteiger charge is -2.08. The highest BCUT2D eigenvalue weighted by Crippen LogP contribution is 2.28. The predicted molar refractivity (Wildman–Crippen MR) is 88.3 cm³/mol. The zero-order valence-electron chi connectivity index (χ0n) is 14.2. The Labute approximate surface area is 149 Å². The van der Waals surface area contributed by atoms with Crippen LogP contribution in [0.1, 0.15) is 16.1 Å². The van der Waals surface area contributed by atoms with Crippen molar-refractivity contribution in [2.24, 2.45) is 0 Å². The molecule has 0 aliphatic carbocycles. The van der Waals surface area contributed by atoms with E-state index in [9.17, 15) is 23.3 Å². The van der Waals surface area contributed by atoms with Gasteiger partial charge in [-0.2, -0.15) is 0 Å². The van der Waals surface area contributed by atoms with Gasteiger partial charge in [0, 0.05) is 20.2 Å². The van der Waals surface area contributed by atoms with Gasteiger partial charge in [0.15, 0.2) is 5.75 Å². The first kappa shape index (κ1) is 19.4. The van der Waals surface area contributed by atoms with Gasteiger partial charge in [-0.25, -0.2) is 17.5 Å². The van der Waals surface area contributed by atoms with E-state index in [0.29, 0.717) is 0 Å². The number of nitrogens with zero attached hydrogens (tertiary/aromatic N) is 2. The molecule has 0 aliphatic heterocycles. The number of nitro benzene ring substituents is 1. The molecule has 140 valence electrons. The topological polar surface area (TPSA) is 129 Å². The lowest BCUT2D eigenvalue weighted by molar-refractivity contribution is -0.385. The molecule has 0 spiro atoms. The molecule has 1 aromatic heterocycles. The third kappa shape index (κ3) is 4.00. The number of methoxy groups -OCH3 is 1. The van der Waals surface area contributed by atoms with E-state index in [1.165, 1.54) is 45.5 Å². The molecular formula is C15H16N2O8S. The van der Waals surface area contributed by atoms with E-state index < -0.39 is 20.9 Å². The Balaban J connectivity index is 2.11. The van der Waals surface area contributed by atoms with Gasteiger partial charge in [0.25, 0.3) is 10.0 Å². The van der Waals surface area contributed by atoms with Crippen LogP contribution in [0.15, 0.2) is 39.8 Å². The minimum absolute atomic E-state index is 0.0103. The quantitative estimate of drug-likeness (QED) is 0.401. The Bertz CT molecular complexity index is 933. The fourth-order valence-corrected chi connectivity index (χ4v) is 2.75. The smallest absolute Gasteiger partial charge is 0.338 e. The van der Waals surface area contributed by atoms with Crippen LogP contribution in [0.25, 0.3) is 0 Å². The van der Waals surface area contributed by atoms with Crippen LogP contribution >= 0.6 is 0 Å². The second-order valence-electron chi connectivity index (χ2n) is 5.23. The van der Waals surface area contributed by atoms with Gasteiger partial charge in [0.1, 0.15) is 12.4 Å². The first-order valence-electron chi connectivity index (χ1n) is 7.17. The highest BCUT2D eigenvalue weighted by atomic mass is 32.2. The number of sulfonamides is 1. The monoisotopic (exact) mass is 384 g/mol. The van der Waals surface area contributed by atoms with Gasteiger partial charge < -0.3 is 13.9 Å². The fourth-order valence-electron chi connectivity index (χ4n) is 1.93. The number of carbonyl (C=O) groups excluding carboxylic acids is 1. The number of nitro groups is 1. The zero-order chi connectivity index (χ0) is 19.5. The van der Waals surface area contributed by atoms with E-state index in [0.717, 1.165) is 10.4 Å². The number of hydrogen-bond acceptors (Lipinski definition) is 8. The van der Waals surface area contributed by atoms with E-state index in [1.807, 2.05) is 0 Å². The third-order valence-electron chi connectivity index (χ3n) is 3.33. The molecule has 0 N–H and O–H groups in total. The van der Waals surface area contributed by atoms with Crippen LogP contribution in [0.5, 0.6) is 5.75 Å². The Hall–Kier alpha value is -2.92. The van der Waals surface area contributed by atoms with Crippen molar-refractivity contribution in [2.45, 2.75) is 11.7 Å². The second-order valence-corrected chi connectivity index (χ2v) is 7.31. The van der Waals surface area contributed by atoms with Gasteiger partial charge in [-0.1, -0.05) is 0 Å². The summed E-state index contributed by atoms with van der Waals surface area (Å²) >= 11 is 0. The Kier molecular flexibility index (Phi) is 5.63. The molecule has 0 amide bonds. The zero-order valence-corrected chi connectivity index (χ0v) is 15.0. The van der Waals surface area contributed by atoms with Crippen molar-refractivity contribution in [3.63, 3.8) is 0 Å². The van der Waals surface area contributed by atoms with Crippen molar-refractivity contribution >= 4 is 21.7 Å². The van der Waals surface area contributed by atoms with Gasteiger partial charge in [-0.05, 0) is 24.3 Å². The van der Waals surface area contributed by atoms with Crippen molar-refractivity contribution < 1.29 is 32.0 Å². The summed E-state index contributed by atoms with van der Waals surface area (Å²) in [5.41, 5.74) is -0.426. The Morgan fingerprint density at radius 1 is 1.27 bits per heavy atom. The number of carbonyl (C=O) groups is 1. The molecule has 1 aromatic carbocycles. The SMILES string of the molecule is COc1ccc(C(=O)OCc2ccc(S(=O)(=O)N(C)C)o2)cc1[N+](=O)[O-]. The molecule has 0 fully saturated rings. The lowest BCUT2D eigenvalue weighted by Crippen LogP contribution is -2.21. The normalized spacial score (nSPS) is 11.4. The standard InChI is InChI=1S/C15H16N2O8S/c1-16(2)26(21,22)14-7-5-11(25-14)9-24-15(18)10-4-6-13(23-3)12(8-10)17(19)20/h4-8H,9H2,1-3H3. The van der Waals surface area contributed by atoms with E-state index >= 15 is 0 Å². The van der Waals surface area contributed by atoms with Crippen molar-refractivity contribution in [1.29, 1.82) is 0 Å². The average Bonchev–Trinajstić information content (AvgIpc) is 3.08. The summed E-state index contributed by atoms with van der Waals surface area (Å²) in [6.07, 6.45) is 0. The van der Waals surface area contributed by atoms with Gasteiger partial charge in [-0.15, -0.1) is 0 Å². The van der Waals surface area contributed by atoms with E-state index in [4.69, 9.17) is 13.9 Å². The summed E-state index contributed by atoms with van der Waals surface area (Å²) in [7, 11) is 0.253. The average molecular weight is 384 g/mol. The van der Waals surface area contributed by atoms with E-state index in [-0.39, 0.29) is 34.5 Å². The molecule has 0 atom stereocenters. The van der Waals surface area contributed by atoms with Gasteiger partial charge in [-0.3, -0.25) is 10.1 Å². The van der Waals surface area contributed by atoms with Gasteiger partial charge in [0.2, 0.25) is 5.09 Å². The largest absolute Gasteiger partial charge is 0.490 e. The number of furan rings is 1. The van der Waals surface area contributed by atoms with Gasteiger partial charge >= 0.3 is 11.7 Å². The number of hydrogen-bond donors (Lipinski definition) is 0. The molecule has 0 radical (unpaired) electrons. The van der Waals surface area contributed by atoms with Crippen LogP contribution in [0.2, 0.25) is 0 Å². The highest BCUT2D eigenvalue weighted by molar-refractivity contribution is 7.88. The lowest BCUT2D eigenvalue weighted by atomic mass is 10.2. The Morgan fingerprint density at radius 3 is 2.54 bits per heavy atom. The molecule has 1 heterocycles. The molecule has 26 heavy (non-hydrogen) atoms. The first-order valence-corrected chi connectivity index (χ1v) is 8.61. The van der Waals surface area contributed by atoms with Crippen molar-refractivity contribution in [2.75, 3.05) is 21.2 Å². The van der Waals surface area contributed by atoms with Crippen LogP contribution in [-0.4, -0.2) is 44.8 Å². The van der Waals surface area contributed by atoms with Crippen LogP contribution in [0.3, 0.4) is 0 Å². The maximum Gasteiger partial charge on any atom is 0.338 e. The second kappa shape index (κ2) is 7.54. The molecule has 0 saturated carbocycles. The molecule has 11 heteroatoms. The number of ether oxygens (including phenoxy) is 2. The van der Waals surface area contributed by atoms with Crippen molar-refractivity contribution in [1.82, 2.24) is 4.31 Å². The highest BCUT2D eigenvalue weighted by Gasteiger charge is 2.22. The van der Waals surface area contributed by atoms with E-state index in [2.05, 4.69) is 0 Å². The van der Waals surface area contributed by atoms with Crippen LogP contribution in [0, 0.1) is 10.1 Å². The third-order valence-corrected chi connectivity index (χ3v) is 5.02. The molecule has 10 nitrogen and oxygen atoms in total. The number of rotatable bonds is 7. The summed E-state index contributed by atoms with van der Waals surface area (Å²) in [5.74, 6) is -0.706. The predicted octanol–water partition coefficient (Wildman–Crippen LogP) is 1.80. The maximum absolute atomic E-state index is 12.1. The summed E-state index contributed by atoms with van der Waals surface area (Å²) in [6, 6.07) is 6.24. The summed E-state index contributed by atoms with van der Waals surface area (Å²) in [4.78, 5) is 22.4.